The minimum Gasteiger partial charge on any atom is -0.340 e. The fourth-order valence-electron chi connectivity index (χ4n) is 3.28. The molecule has 0 aromatic heterocycles. The van der Waals surface area contributed by atoms with Crippen LogP contribution in [0.1, 0.15) is 45.4 Å². The molecule has 1 saturated carbocycles. The van der Waals surface area contributed by atoms with E-state index in [0.29, 0.717) is 11.9 Å². The highest BCUT2D eigenvalue weighted by Gasteiger charge is 2.23. The Kier molecular flexibility index (Phi) is 5.64. The number of amides is 1. The van der Waals surface area contributed by atoms with Gasteiger partial charge in [0.05, 0.1) is 0 Å². The van der Waals surface area contributed by atoms with Crippen molar-refractivity contribution in [2.75, 3.05) is 32.7 Å². The van der Waals surface area contributed by atoms with Crippen molar-refractivity contribution >= 4 is 5.91 Å². The van der Waals surface area contributed by atoms with E-state index in [0.717, 1.165) is 64.3 Å². The molecule has 4 heteroatoms. The van der Waals surface area contributed by atoms with Crippen LogP contribution in [-0.2, 0) is 4.79 Å². The molecule has 1 amide bonds. The number of carbonyl (C=O) groups is 1. The molecule has 0 atom stereocenters. The van der Waals surface area contributed by atoms with Gasteiger partial charge in [-0.3, -0.25) is 4.79 Å². The summed E-state index contributed by atoms with van der Waals surface area (Å²) in [6.07, 6.45) is 6.55. The molecule has 4 nitrogen and oxygen atoms in total. The van der Waals surface area contributed by atoms with Crippen molar-refractivity contribution in [1.29, 1.82) is 0 Å². The molecule has 0 unspecified atom stereocenters. The van der Waals surface area contributed by atoms with E-state index in [1.807, 2.05) is 0 Å². The topological polar surface area (TPSA) is 49.6 Å². The summed E-state index contributed by atoms with van der Waals surface area (Å²) in [5.41, 5.74) is 5.92. The van der Waals surface area contributed by atoms with E-state index in [2.05, 4.69) is 16.7 Å². The molecule has 1 heterocycles. The van der Waals surface area contributed by atoms with Crippen LogP contribution in [-0.4, -0.2) is 54.5 Å². The van der Waals surface area contributed by atoms with Gasteiger partial charge >= 0.3 is 0 Å². The first-order chi connectivity index (χ1) is 9.19. The minimum atomic E-state index is 0.366. The van der Waals surface area contributed by atoms with Crippen molar-refractivity contribution in [3.05, 3.63) is 0 Å². The van der Waals surface area contributed by atoms with Crippen LogP contribution in [0.5, 0.6) is 0 Å². The van der Waals surface area contributed by atoms with Crippen LogP contribution in [0.2, 0.25) is 0 Å². The summed E-state index contributed by atoms with van der Waals surface area (Å²) in [4.78, 5) is 16.6. The Bertz CT molecular complexity index is 279. The van der Waals surface area contributed by atoms with Crippen LogP contribution >= 0.6 is 0 Å². The molecule has 2 aliphatic rings. The third-order valence-electron chi connectivity index (χ3n) is 4.83. The molecular weight excluding hydrogens is 238 g/mol. The number of hydrogen-bond acceptors (Lipinski definition) is 3. The Morgan fingerprint density at radius 1 is 1.11 bits per heavy atom. The van der Waals surface area contributed by atoms with Gasteiger partial charge in [-0.05, 0) is 44.6 Å². The highest BCUT2D eigenvalue weighted by atomic mass is 16.2. The molecule has 1 saturated heterocycles. The Balaban J connectivity index is 1.64. The zero-order valence-corrected chi connectivity index (χ0v) is 12.3. The zero-order chi connectivity index (χ0) is 13.7. The minimum absolute atomic E-state index is 0.366. The second-order valence-electron chi connectivity index (χ2n) is 6.13. The molecule has 0 spiro atoms. The Labute approximate surface area is 117 Å². The first-order valence-electron chi connectivity index (χ1n) is 7.94. The molecule has 110 valence electrons. The van der Waals surface area contributed by atoms with E-state index in [4.69, 9.17) is 5.73 Å². The summed E-state index contributed by atoms with van der Waals surface area (Å²) < 4.78 is 0. The molecule has 1 aliphatic carbocycles. The summed E-state index contributed by atoms with van der Waals surface area (Å²) >= 11 is 0. The molecule has 2 fully saturated rings. The van der Waals surface area contributed by atoms with Crippen LogP contribution in [0.25, 0.3) is 0 Å². The van der Waals surface area contributed by atoms with E-state index < -0.39 is 0 Å². The molecule has 0 aromatic rings. The Hall–Kier alpha value is -0.610. The summed E-state index contributed by atoms with van der Waals surface area (Å²) in [7, 11) is 0. The second kappa shape index (κ2) is 7.25. The molecular formula is C15H29N3O. The third kappa shape index (κ3) is 4.46. The predicted octanol–water partition coefficient (Wildman–Crippen LogP) is 1.45. The Morgan fingerprint density at radius 2 is 1.74 bits per heavy atom. The van der Waals surface area contributed by atoms with Crippen molar-refractivity contribution in [3.8, 4) is 0 Å². The number of nitrogens with two attached hydrogens (primary N) is 1. The van der Waals surface area contributed by atoms with Crippen LogP contribution in [0, 0.1) is 5.92 Å². The maximum Gasteiger partial charge on any atom is 0.222 e. The highest BCUT2D eigenvalue weighted by Crippen LogP contribution is 2.27. The SMILES string of the molecule is CCN1CCN(C(=O)CCC2CCC(N)CC2)CC1. The Morgan fingerprint density at radius 3 is 2.32 bits per heavy atom. The van der Waals surface area contributed by atoms with Gasteiger partial charge in [-0.15, -0.1) is 0 Å². The largest absolute Gasteiger partial charge is 0.340 e. The second-order valence-corrected chi connectivity index (χ2v) is 6.13. The highest BCUT2D eigenvalue weighted by molar-refractivity contribution is 5.76. The fourth-order valence-corrected chi connectivity index (χ4v) is 3.28. The van der Waals surface area contributed by atoms with Crippen molar-refractivity contribution in [1.82, 2.24) is 9.80 Å². The van der Waals surface area contributed by atoms with E-state index >= 15 is 0 Å². The lowest BCUT2D eigenvalue weighted by Crippen LogP contribution is -2.48. The van der Waals surface area contributed by atoms with Crippen molar-refractivity contribution in [2.45, 2.75) is 51.5 Å². The molecule has 0 bridgehead atoms. The van der Waals surface area contributed by atoms with Crippen LogP contribution in [0.4, 0.5) is 0 Å². The third-order valence-corrected chi connectivity index (χ3v) is 4.83. The summed E-state index contributed by atoms with van der Waals surface area (Å²) in [6.45, 7) is 7.21. The predicted molar refractivity (Wildman–Crippen MR) is 77.9 cm³/mol. The standard InChI is InChI=1S/C15H29N3O/c1-2-17-9-11-18(12-10-17)15(19)8-5-13-3-6-14(16)7-4-13/h13-14H,2-12,16H2,1H3. The van der Waals surface area contributed by atoms with Crippen LogP contribution in [0.3, 0.4) is 0 Å². The molecule has 0 radical (unpaired) electrons. The quantitative estimate of drug-likeness (QED) is 0.838. The lowest BCUT2D eigenvalue weighted by Gasteiger charge is -2.34. The number of carbonyl (C=O) groups excluding carboxylic acids is 1. The first-order valence-corrected chi connectivity index (χ1v) is 7.94. The average Bonchev–Trinajstić information content (AvgIpc) is 2.46. The van der Waals surface area contributed by atoms with Gasteiger partial charge in [0.15, 0.2) is 0 Å². The zero-order valence-electron chi connectivity index (χ0n) is 12.3. The van der Waals surface area contributed by atoms with Gasteiger partial charge in [-0.1, -0.05) is 6.92 Å². The molecule has 0 aromatic carbocycles. The molecule has 19 heavy (non-hydrogen) atoms. The van der Waals surface area contributed by atoms with Crippen LogP contribution < -0.4 is 5.73 Å². The van der Waals surface area contributed by atoms with Crippen molar-refractivity contribution in [3.63, 3.8) is 0 Å². The number of likely N-dealkylation sites (N-methyl/N-ethyl adjacent to an activating group) is 1. The monoisotopic (exact) mass is 267 g/mol. The van der Waals surface area contributed by atoms with Gasteiger partial charge in [0.1, 0.15) is 0 Å². The van der Waals surface area contributed by atoms with E-state index in [1.54, 1.807) is 0 Å². The van der Waals surface area contributed by atoms with Crippen LogP contribution in [0.15, 0.2) is 0 Å². The lowest BCUT2D eigenvalue weighted by molar-refractivity contribution is -0.133. The van der Waals surface area contributed by atoms with E-state index in [1.165, 1.54) is 12.8 Å². The summed E-state index contributed by atoms with van der Waals surface area (Å²) in [6, 6.07) is 0.411. The normalized spacial score (nSPS) is 29.5. The van der Waals surface area contributed by atoms with E-state index in [-0.39, 0.29) is 0 Å². The maximum absolute atomic E-state index is 12.2. The number of piperazine rings is 1. The molecule has 2 rings (SSSR count). The summed E-state index contributed by atoms with van der Waals surface area (Å²) in [5, 5.41) is 0. The number of hydrogen-bond donors (Lipinski definition) is 1. The fraction of sp³-hybridized carbons (Fsp3) is 0.933. The van der Waals surface area contributed by atoms with Gasteiger partial charge in [0.2, 0.25) is 5.91 Å². The van der Waals surface area contributed by atoms with Crippen molar-refractivity contribution < 1.29 is 4.79 Å². The van der Waals surface area contributed by atoms with Gasteiger partial charge in [-0.2, -0.15) is 0 Å². The maximum atomic E-state index is 12.2. The molecule has 1 aliphatic heterocycles. The van der Waals surface area contributed by atoms with Crippen molar-refractivity contribution in [2.24, 2.45) is 11.7 Å². The van der Waals surface area contributed by atoms with Gasteiger partial charge < -0.3 is 15.5 Å². The first kappa shape index (κ1) is 14.8. The van der Waals surface area contributed by atoms with E-state index in [9.17, 15) is 4.79 Å². The smallest absolute Gasteiger partial charge is 0.222 e. The summed E-state index contributed by atoms with van der Waals surface area (Å²) in [5.74, 6) is 1.10. The van der Waals surface area contributed by atoms with Gasteiger partial charge in [0.25, 0.3) is 0 Å². The number of rotatable bonds is 4. The average molecular weight is 267 g/mol. The lowest BCUT2D eigenvalue weighted by atomic mass is 9.83. The van der Waals surface area contributed by atoms with Gasteiger partial charge in [-0.25, -0.2) is 0 Å². The van der Waals surface area contributed by atoms with Gasteiger partial charge in [0, 0.05) is 38.6 Å². The number of nitrogens with zero attached hydrogens (tertiary/aromatic N) is 2. The molecule has 2 N–H and O–H groups in total.